The van der Waals surface area contributed by atoms with Crippen LogP contribution in [0.3, 0.4) is 0 Å². The lowest BCUT2D eigenvalue weighted by Crippen LogP contribution is -2.33. The topological polar surface area (TPSA) is 20.3 Å². The smallest absolute Gasteiger partial charge is 0.253 e. The summed E-state index contributed by atoms with van der Waals surface area (Å²) in [5.41, 5.74) is 1.83. The highest BCUT2D eigenvalue weighted by molar-refractivity contribution is 6.17. The first-order chi connectivity index (χ1) is 8.74. The third-order valence-electron chi connectivity index (χ3n) is 3.31. The van der Waals surface area contributed by atoms with E-state index in [1.54, 1.807) is 0 Å². The third kappa shape index (κ3) is 3.49. The molecule has 1 aliphatic carbocycles. The Hall–Kier alpha value is -1.02. The first-order valence-electron chi connectivity index (χ1n) is 6.68. The van der Waals surface area contributed by atoms with Gasteiger partial charge in [0.2, 0.25) is 0 Å². The summed E-state index contributed by atoms with van der Waals surface area (Å²) in [6, 6.07) is 7.63. The molecule has 0 heterocycles. The highest BCUT2D eigenvalue weighted by Crippen LogP contribution is 2.30. The Morgan fingerprint density at radius 3 is 2.50 bits per heavy atom. The molecule has 3 heteroatoms. The van der Waals surface area contributed by atoms with Crippen LogP contribution in [0.25, 0.3) is 0 Å². The van der Waals surface area contributed by atoms with Crippen molar-refractivity contribution in [3.8, 4) is 0 Å². The zero-order valence-electron chi connectivity index (χ0n) is 10.9. The van der Waals surface area contributed by atoms with E-state index in [1.165, 1.54) is 12.8 Å². The lowest BCUT2D eigenvalue weighted by molar-refractivity contribution is 0.0747. The van der Waals surface area contributed by atoms with Crippen molar-refractivity contribution in [2.45, 2.75) is 32.1 Å². The van der Waals surface area contributed by atoms with Gasteiger partial charge >= 0.3 is 0 Å². The van der Waals surface area contributed by atoms with Gasteiger partial charge in [0.25, 0.3) is 5.91 Å². The molecule has 2 nitrogen and oxygen atoms in total. The Balaban J connectivity index is 2.05. The summed E-state index contributed by atoms with van der Waals surface area (Å²) < 4.78 is 0. The van der Waals surface area contributed by atoms with Crippen LogP contribution >= 0.6 is 11.6 Å². The minimum Gasteiger partial charge on any atom is -0.338 e. The molecule has 0 aliphatic heterocycles. The van der Waals surface area contributed by atoms with Gasteiger partial charge in [0, 0.05) is 24.5 Å². The van der Waals surface area contributed by atoms with E-state index in [2.05, 4.69) is 6.92 Å². The maximum Gasteiger partial charge on any atom is 0.253 e. The van der Waals surface area contributed by atoms with Crippen LogP contribution in [0, 0.1) is 5.92 Å². The predicted octanol–water partition coefficient (Wildman–Crippen LogP) is 3.69. The minimum absolute atomic E-state index is 0.157. The number of benzene rings is 1. The van der Waals surface area contributed by atoms with Crippen LogP contribution in [0.2, 0.25) is 0 Å². The fourth-order valence-corrected chi connectivity index (χ4v) is 2.25. The molecule has 0 unspecified atom stereocenters. The van der Waals surface area contributed by atoms with Crippen LogP contribution in [0.1, 0.15) is 42.1 Å². The van der Waals surface area contributed by atoms with E-state index in [-0.39, 0.29) is 5.91 Å². The van der Waals surface area contributed by atoms with Gasteiger partial charge in [-0.2, -0.15) is 0 Å². The molecule has 0 saturated heterocycles. The van der Waals surface area contributed by atoms with Crippen LogP contribution in [0.4, 0.5) is 0 Å². The predicted molar refractivity (Wildman–Crippen MR) is 74.9 cm³/mol. The molecule has 2 rings (SSSR count). The van der Waals surface area contributed by atoms with Gasteiger partial charge in [-0.05, 0) is 42.9 Å². The monoisotopic (exact) mass is 265 g/mol. The van der Waals surface area contributed by atoms with Crippen LogP contribution < -0.4 is 0 Å². The molecule has 1 saturated carbocycles. The van der Waals surface area contributed by atoms with E-state index in [0.717, 1.165) is 36.6 Å². The van der Waals surface area contributed by atoms with Crippen molar-refractivity contribution in [3.63, 3.8) is 0 Å². The molecule has 18 heavy (non-hydrogen) atoms. The Morgan fingerprint density at radius 1 is 1.33 bits per heavy atom. The quantitative estimate of drug-likeness (QED) is 0.719. The average molecular weight is 266 g/mol. The fourth-order valence-electron chi connectivity index (χ4n) is 2.08. The number of carbonyl (C=O) groups excluding carboxylic acids is 1. The number of rotatable bonds is 6. The molecule has 0 spiro atoms. The lowest BCUT2D eigenvalue weighted by atomic mass is 10.1. The summed E-state index contributed by atoms with van der Waals surface area (Å²) in [4.78, 5) is 14.4. The number of halogens is 1. The number of nitrogens with zero attached hydrogens (tertiary/aromatic N) is 1. The number of amides is 1. The second-order valence-electron chi connectivity index (χ2n) is 5.03. The number of carbonyl (C=O) groups is 1. The molecule has 0 bridgehead atoms. The largest absolute Gasteiger partial charge is 0.338 e. The van der Waals surface area contributed by atoms with E-state index in [4.69, 9.17) is 11.6 Å². The van der Waals surface area contributed by atoms with E-state index >= 15 is 0 Å². The van der Waals surface area contributed by atoms with Crippen LogP contribution in [0.15, 0.2) is 24.3 Å². The molecule has 98 valence electrons. The van der Waals surface area contributed by atoms with Crippen molar-refractivity contribution in [1.82, 2.24) is 4.90 Å². The van der Waals surface area contributed by atoms with Crippen molar-refractivity contribution in [2.75, 3.05) is 13.1 Å². The van der Waals surface area contributed by atoms with Crippen LogP contribution in [0.5, 0.6) is 0 Å². The Morgan fingerprint density at radius 2 is 2.00 bits per heavy atom. The summed E-state index contributed by atoms with van der Waals surface area (Å²) in [7, 11) is 0. The summed E-state index contributed by atoms with van der Waals surface area (Å²) in [6.45, 7) is 3.89. The Labute approximate surface area is 114 Å². The van der Waals surface area contributed by atoms with Gasteiger partial charge in [-0.25, -0.2) is 0 Å². The van der Waals surface area contributed by atoms with Crippen molar-refractivity contribution >= 4 is 17.5 Å². The minimum atomic E-state index is 0.157. The van der Waals surface area contributed by atoms with Gasteiger partial charge in [0.05, 0.1) is 0 Å². The summed E-state index contributed by atoms with van der Waals surface area (Å²) in [5.74, 6) is 1.39. The van der Waals surface area contributed by atoms with E-state index in [9.17, 15) is 4.79 Å². The molecule has 0 radical (unpaired) electrons. The molecule has 1 aliphatic rings. The van der Waals surface area contributed by atoms with Crippen molar-refractivity contribution < 1.29 is 4.79 Å². The molecule has 1 amide bonds. The maximum absolute atomic E-state index is 12.4. The average Bonchev–Trinajstić information content (AvgIpc) is 3.21. The summed E-state index contributed by atoms with van der Waals surface area (Å²) >= 11 is 5.75. The molecule has 1 aromatic carbocycles. The highest BCUT2D eigenvalue weighted by atomic mass is 35.5. The van der Waals surface area contributed by atoms with E-state index < -0.39 is 0 Å². The Kier molecular flexibility index (Phi) is 4.65. The van der Waals surface area contributed by atoms with Gasteiger partial charge in [-0.3, -0.25) is 4.79 Å². The second kappa shape index (κ2) is 6.24. The molecular formula is C15H20ClNO. The first kappa shape index (κ1) is 13.4. The SMILES string of the molecule is CCCN(CC1CC1)C(=O)c1ccc(CCl)cc1. The van der Waals surface area contributed by atoms with Crippen LogP contribution in [-0.2, 0) is 5.88 Å². The van der Waals surface area contributed by atoms with E-state index in [0.29, 0.717) is 5.88 Å². The standard InChI is InChI=1S/C15H20ClNO/c1-2-9-17(11-13-3-4-13)15(18)14-7-5-12(10-16)6-8-14/h5-8,13H,2-4,9-11H2,1H3. The van der Waals surface area contributed by atoms with Gasteiger partial charge in [0.15, 0.2) is 0 Å². The van der Waals surface area contributed by atoms with E-state index in [1.807, 2.05) is 29.2 Å². The number of hydrogen-bond donors (Lipinski definition) is 0. The maximum atomic E-state index is 12.4. The summed E-state index contributed by atoms with van der Waals surface area (Å²) in [6.07, 6.45) is 3.57. The third-order valence-corrected chi connectivity index (χ3v) is 3.62. The Bertz CT molecular complexity index is 397. The van der Waals surface area contributed by atoms with Crippen molar-refractivity contribution in [1.29, 1.82) is 0 Å². The summed E-state index contributed by atoms with van der Waals surface area (Å²) in [5, 5.41) is 0. The molecule has 0 aromatic heterocycles. The highest BCUT2D eigenvalue weighted by Gasteiger charge is 2.26. The fraction of sp³-hybridized carbons (Fsp3) is 0.533. The van der Waals surface area contributed by atoms with Crippen LogP contribution in [-0.4, -0.2) is 23.9 Å². The van der Waals surface area contributed by atoms with Gasteiger partial charge in [-0.1, -0.05) is 19.1 Å². The molecular weight excluding hydrogens is 246 g/mol. The van der Waals surface area contributed by atoms with Crippen molar-refractivity contribution in [3.05, 3.63) is 35.4 Å². The second-order valence-corrected chi connectivity index (χ2v) is 5.29. The van der Waals surface area contributed by atoms with Gasteiger partial charge in [-0.15, -0.1) is 11.6 Å². The number of hydrogen-bond acceptors (Lipinski definition) is 1. The molecule has 1 aromatic rings. The van der Waals surface area contributed by atoms with Gasteiger partial charge < -0.3 is 4.90 Å². The normalized spacial score (nSPS) is 14.6. The van der Waals surface area contributed by atoms with Gasteiger partial charge in [0.1, 0.15) is 0 Å². The first-order valence-corrected chi connectivity index (χ1v) is 7.22. The molecule has 1 fully saturated rings. The number of alkyl halides is 1. The van der Waals surface area contributed by atoms with Crippen molar-refractivity contribution in [2.24, 2.45) is 5.92 Å². The lowest BCUT2D eigenvalue weighted by Gasteiger charge is -2.22. The zero-order chi connectivity index (χ0) is 13.0. The molecule has 0 N–H and O–H groups in total. The molecule has 0 atom stereocenters. The zero-order valence-corrected chi connectivity index (χ0v) is 11.6.